The molecule has 0 bridgehead atoms. The van der Waals surface area contributed by atoms with Crippen LogP contribution in [0, 0.1) is 0 Å². The molecule has 0 saturated carbocycles. The summed E-state index contributed by atoms with van der Waals surface area (Å²) in [5.74, 6) is -0.688. The fourth-order valence-electron chi connectivity index (χ4n) is 2.71. The van der Waals surface area contributed by atoms with Gasteiger partial charge in [0, 0.05) is 21.5 Å². The van der Waals surface area contributed by atoms with Gasteiger partial charge in [-0.1, -0.05) is 18.2 Å². The SMILES string of the molecule is COC(=O)c1sc2cc(Nc3ccccc3)ccc2c1OCC(=O)OC(C)(C)C. The van der Waals surface area contributed by atoms with E-state index >= 15 is 0 Å². The molecular weight excluding hydrogens is 390 g/mol. The number of para-hydroxylation sites is 1. The van der Waals surface area contributed by atoms with Crippen LogP contribution in [0.15, 0.2) is 48.5 Å². The van der Waals surface area contributed by atoms with Gasteiger partial charge in [0.15, 0.2) is 17.2 Å². The van der Waals surface area contributed by atoms with Crippen LogP contribution in [0.25, 0.3) is 10.1 Å². The number of benzene rings is 2. The normalized spacial score (nSPS) is 11.2. The second kappa shape index (κ2) is 8.53. The maximum Gasteiger partial charge on any atom is 0.351 e. The first kappa shape index (κ1) is 20.7. The highest BCUT2D eigenvalue weighted by atomic mass is 32.1. The molecule has 29 heavy (non-hydrogen) atoms. The van der Waals surface area contributed by atoms with Gasteiger partial charge >= 0.3 is 11.9 Å². The lowest BCUT2D eigenvalue weighted by Crippen LogP contribution is -2.27. The molecule has 0 amide bonds. The second-order valence-electron chi connectivity index (χ2n) is 7.33. The molecule has 2 aromatic carbocycles. The van der Waals surface area contributed by atoms with E-state index in [0.29, 0.717) is 10.6 Å². The molecule has 3 aromatic rings. The van der Waals surface area contributed by atoms with Gasteiger partial charge in [0.05, 0.1) is 7.11 Å². The van der Waals surface area contributed by atoms with E-state index < -0.39 is 17.5 Å². The molecule has 0 fully saturated rings. The standard InChI is InChI=1S/C22H23NO5S/c1-22(2,3)28-18(24)13-27-19-16-11-10-15(23-14-8-6-5-7-9-14)12-17(16)29-20(19)21(25)26-4/h5-12,23H,13H2,1-4H3. The molecule has 0 radical (unpaired) electrons. The summed E-state index contributed by atoms with van der Waals surface area (Å²) in [5.41, 5.74) is 1.22. The summed E-state index contributed by atoms with van der Waals surface area (Å²) in [4.78, 5) is 24.6. The van der Waals surface area contributed by atoms with Gasteiger partial charge in [-0.2, -0.15) is 0 Å². The third-order valence-electron chi connectivity index (χ3n) is 3.83. The highest BCUT2D eigenvalue weighted by molar-refractivity contribution is 7.21. The van der Waals surface area contributed by atoms with E-state index in [9.17, 15) is 9.59 Å². The number of rotatable bonds is 6. The summed E-state index contributed by atoms with van der Waals surface area (Å²) in [7, 11) is 1.31. The quantitative estimate of drug-likeness (QED) is 0.563. The van der Waals surface area contributed by atoms with Gasteiger partial charge in [-0.05, 0) is 51.1 Å². The number of hydrogen-bond acceptors (Lipinski definition) is 7. The molecule has 1 heterocycles. The number of nitrogens with one attached hydrogen (secondary N) is 1. The van der Waals surface area contributed by atoms with Crippen molar-refractivity contribution >= 4 is 44.7 Å². The number of carbonyl (C=O) groups excluding carboxylic acids is 2. The fraction of sp³-hybridized carbons (Fsp3) is 0.273. The van der Waals surface area contributed by atoms with Crippen LogP contribution in [0.3, 0.4) is 0 Å². The summed E-state index contributed by atoms with van der Waals surface area (Å²) < 4.78 is 16.7. The first-order valence-corrected chi connectivity index (χ1v) is 9.90. The Kier molecular flexibility index (Phi) is 6.08. The van der Waals surface area contributed by atoms with Crippen LogP contribution in [0.5, 0.6) is 5.75 Å². The maximum absolute atomic E-state index is 12.2. The summed E-state index contributed by atoms with van der Waals surface area (Å²) in [5, 5.41) is 4.05. The van der Waals surface area contributed by atoms with Gasteiger partial charge in [-0.25, -0.2) is 9.59 Å². The van der Waals surface area contributed by atoms with E-state index in [1.165, 1.54) is 18.4 Å². The first-order valence-electron chi connectivity index (χ1n) is 9.08. The topological polar surface area (TPSA) is 73.9 Å². The van der Waals surface area contributed by atoms with Gasteiger partial charge in [-0.15, -0.1) is 11.3 Å². The smallest absolute Gasteiger partial charge is 0.351 e. The van der Waals surface area contributed by atoms with Crippen LogP contribution in [-0.2, 0) is 14.3 Å². The van der Waals surface area contributed by atoms with Crippen molar-refractivity contribution < 1.29 is 23.8 Å². The number of esters is 2. The molecule has 0 unspecified atom stereocenters. The zero-order chi connectivity index (χ0) is 21.0. The number of methoxy groups -OCH3 is 1. The number of thiophene rings is 1. The van der Waals surface area contributed by atoms with Crippen molar-refractivity contribution in [3.8, 4) is 5.75 Å². The van der Waals surface area contributed by atoms with Crippen molar-refractivity contribution in [2.45, 2.75) is 26.4 Å². The first-order chi connectivity index (χ1) is 13.8. The minimum atomic E-state index is -0.611. The summed E-state index contributed by atoms with van der Waals surface area (Å²) in [6.45, 7) is 5.06. The molecule has 0 aliphatic rings. The fourth-order valence-corrected chi connectivity index (χ4v) is 3.82. The summed E-state index contributed by atoms with van der Waals surface area (Å²) >= 11 is 1.25. The minimum absolute atomic E-state index is 0.295. The highest BCUT2D eigenvalue weighted by Crippen LogP contribution is 2.40. The predicted molar refractivity (Wildman–Crippen MR) is 114 cm³/mol. The Hall–Kier alpha value is -3.06. The van der Waals surface area contributed by atoms with E-state index in [2.05, 4.69) is 5.32 Å². The molecule has 1 aromatic heterocycles. The Balaban J connectivity index is 1.88. The molecular formula is C22H23NO5S. The van der Waals surface area contributed by atoms with E-state index in [1.54, 1.807) is 20.8 Å². The van der Waals surface area contributed by atoms with Crippen molar-refractivity contribution in [2.24, 2.45) is 0 Å². The van der Waals surface area contributed by atoms with Crippen molar-refractivity contribution in [1.82, 2.24) is 0 Å². The van der Waals surface area contributed by atoms with Gasteiger partial charge in [0.2, 0.25) is 0 Å². The Morgan fingerprint density at radius 3 is 2.41 bits per heavy atom. The van der Waals surface area contributed by atoms with Crippen LogP contribution in [-0.4, -0.2) is 31.3 Å². The number of hydrogen-bond donors (Lipinski definition) is 1. The van der Waals surface area contributed by atoms with Gasteiger partial charge in [-0.3, -0.25) is 0 Å². The molecule has 7 heteroatoms. The Bertz CT molecular complexity index is 1020. The largest absolute Gasteiger partial charge is 0.479 e. The van der Waals surface area contributed by atoms with E-state index in [-0.39, 0.29) is 6.61 Å². The average Bonchev–Trinajstić information content (AvgIpc) is 3.03. The number of anilines is 2. The lowest BCUT2D eigenvalue weighted by molar-refractivity contribution is -0.157. The molecule has 0 aliphatic heterocycles. The van der Waals surface area contributed by atoms with Crippen LogP contribution < -0.4 is 10.1 Å². The van der Waals surface area contributed by atoms with Crippen molar-refractivity contribution in [2.75, 3.05) is 19.0 Å². The van der Waals surface area contributed by atoms with E-state index in [1.807, 2.05) is 48.5 Å². The number of carbonyl (C=O) groups is 2. The summed E-state index contributed by atoms with van der Waals surface area (Å²) in [6.07, 6.45) is 0. The second-order valence-corrected chi connectivity index (χ2v) is 8.38. The maximum atomic E-state index is 12.2. The van der Waals surface area contributed by atoms with Crippen LogP contribution in [0.1, 0.15) is 30.4 Å². The van der Waals surface area contributed by atoms with Crippen molar-refractivity contribution in [3.05, 3.63) is 53.4 Å². The molecule has 0 aliphatic carbocycles. The van der Waals surface area contributed by atoms with Gasteiger partial charge < -0.3 is 19.5 Å². The predicted octanol–water partition coefficient (Wildman–Crippen LogP) is 5.15. The van der Waals surface area contributed by atoms with Crippen molar-refractivity contribution in [1.29, 1.82) is 0 Å². The molecule has 3 rings (SSSR count). The molecule has 0 saturated heterocycles. The Labute approximate surface area is 173 Å². The summed E-state index contributed by atoms with van der Waals surface area (Å²) in [6, 6.07) is 15.5. The Morgan fingerprint density at radius 1 is 1.03 bits per heavy atom. The molecule has 0 atom stereocenters. The lowest BCUT2D eigenvalue weighted by atomic mass is 10.2. The monoisotopic (exact) mass is 413 g/mol. The van der Waals surface area contributed by atoms with Crippen molar-refractivity contribution in [3.63, 3.8) is 0 Å². The van der Waals surface area contributed by atoms with Crippen LogP contribution in [0.4, 0.5) is 11.4 Å². The van der Waals surface area contributed by atoms with Crippen LogP contribution in [0.2, 0.25) is 0 Å². The highest BCUT2D eigenvalue weighted by Gasteiger charge is 2.23. The zero-order valence-electron chi connectivity index (χ0n) is 16.8. The molecule has 1 N–H and O–H groups in total. The third-order valence-corrected chi connectivity index (χ3v) is 4.95. The number of ether oxygens (including phenoxy) is 3. The third kappa shape index (κ3) is 5.26. The van der Waals surface area contributed by atoms with Gasteiger partial charge in [0.25, 0.3) is 0 Å². The van der Waals surface area contributed by atoms with Crippen LogP contribution >= 0.6 is 11.3 Å². The lowest BCUT2D eigenvalue weighted by Gasteiger charge is -2.19. The minimum Gasteiger partial charge on any atom is -0.479 e. The zero-order valence-corrected chi connectivity index (χ0v) is 17.6. The van der Waals surface area contributed by atoms with E-state index in [4.69, 9.17) is 14.2 Å². The van der Waals surface area contributed by atoms with Gasteiger partial charge in [0.1, 0.15) is 5.60 Å². The Morgan fingerprint density at radius 2 is 1.76 bits per heavy atom. The number of fused-ring (bicyclic) bond motifs is 1. The molecule has 6 nitrogen and oxygen atoms in total. The molecule has 0 spiro atoms. The molecule has 152 valence electrons. The average molecular weight is 413 g/mol. The van der Waals surface area contributed by atoms with E-state index in [0.717, 1.165) is 21.5 Å².